The topological polar surface area (TPSA) is 54.5 Å². The molecule has 1 N–H and O–H groups in total. The minimum atomic E-state index is -4.62. The number of likely N-dealkylation sites (N-methyl/N-ethyl adjacent to an activating group) is 1. The van der Waals surface area contributed by atoms with Crippen molar-refractivity contribution in [2.24, 2.45) is 0 Å². The number of fused-ring (bicyclic) bond motifs is 1. The van der Waals surface area contributed by atoms with E-state index < -0.39 is 17.6 Å². The monoisotopic (exact) mass is 443 g/mol. The fourth-order valence-electron chi connectivity index (χ4n) is 2.94. The second-order valence-electron chi connectivity index (χ2n) is 6.29. The third kappa shape index (κ3) is 4.24. The van der Waals surface area contributed by atoms with Crippen LogP contribution in [0.1, 0.15) is 27.2 Å². The van der Waals surface area contributed by atoms with Gasteiger partial charge >= 0.3 is 6.18 Å². The fourth-order valence-corrected chi connectivity index (χ4v) is 3.37. The first-order valence-corrected chi connectivity index (χ1v) is 8.91. The highest BCUT2D eigenvalue weighted by Crippen LogP contribution is 2.37. The lowest BCUT2D eigenvalue weighted by Gasteiger charge is -2.25. The number of methoxy groups -OCH3 is 1. The second-order valence-corrected chi connectivity index (χ2v) is 7.04. The Balaban J connectivity index is 1.89. The molecule has 0 unspecified atom stereocenters. The first-order chi connectivity index (χ1) is 12.7. The molecule has 5 nitrogen and oxygen atoms in total. The number of pyridine rings is 1. The van der Waals surface area contributed by atoms with Crippen LogP contribution in [0.15, 0.2) is 28.9 Å². The molecule has 0 saturated carbocycles. The van der Waals surface area contributed by atoms with E-state index in [0.717, 1.165) is 43.5 Å². The van der Waals surface area contributed by atoms with E-state index >= 15 is 0 Å². The third-order valence-electron chi connectivity index (χ3n) is 4.33. The molecule has 1 aliphatic rings. The Morgan fingerprint density at radius 1 is 1.33 bits per heavy atom. The number of halogens is 4. The van der Waals surface area contributed by atoms with Gasteiger partial charge in [-0.25, -0.2) is 4.98 Å². The number of carbonyl (C=O) groups is 1. The van der Waals surface area contributed by atoms with Crippen LogP contribution in [-0.2, 0) is 19.1 Å². The minimum Gasteiger partial charge on any atom is -0.496 e. The zero-order valence-corrected chi connectivity index (χ0v) is 16.2. The van der Waals surface area contributed by atoms with Gasteiger partial charge in [0.05, 0.1) is 18.4 Å². The minimum absolute atomic E-state index is 0.120. The van der Waals surface area contributed by atoms with Crippen LogP contribution >= 0.6 is 15.9 Å². The largest absolute Gasteiger partial charge is 0.496 e. The Hall–Kier alpha value is -2.13. The summed E-state index contributed by atoms with van der Waals surface area (Å²) in [6.45, 7) is 1.59. The SMILES string of the molecule is COc1ccc(C(=O)Nc2cc3c(nc2Br)CCN(C)C3)cc1C(F)(F)F. The summed E-state index contributed by atoms with van der Waals surface area (Å²) in [5, 5.41) is 2.63. The molecule has 2 aromatic rings. The van der Waals surface area contributed by atoms with Crippen LogP contribution in [0.3, 0.4) is 0 Å². The zero-order chi connectivity index (χ0) is 19.8. The lowest BCUT2D eigenvalue weighted by atomic mass is 10.1. The smallest absolute Gasteiger partial charge is 0.419 e. The van der Waals surface area contributed by atoms with Crippen molar-refractivity contribution < 1.29 is 22.7 Å². The van der Waals surface area contributed by atoms with Crippen molar-refractivity contribution >= 4 is 27.5 Å². The summed E-state index contributed by atoms with van der Waals surface area (Å²) in [4.78, 5) is 19.1. The van der Waals surface area contributed by atoms with Crippen molar-refractivity contribution in [3.05, 3.63) is 51.3 Å². The van der Waals surface area contributed by atoms with Gasteiger partial charge in [0, 0.05) is 30.8 Å². The number of carbonyl (C=O) groups excluding carboxylic acids is 1. The lowest BCUT2D eigenvalue weighted by molar-refractivity contribution is -0.138. The molecule has 9 heteroatoms. The molecular weight excluding hydrogens is 427 g/mol. The van der Waals surface area contributed by atoms with Gasteiger partial charge in [0.2, 0.25) is 0 Å². The molecule has 0 saturated heterocycles. The van der Waals surface area contributed by atoms with Crippen LogP contribution in [-0.4, -0.2) is 36.5 Å². The van der Waals surface area contributed by atoms with E-state index in [2.05, 4.69) is 31.1 Å². The Bertz CT molecular complexity index is 887. The predicted octanol–water partition coefficient (Wildman–Crippen LogP) is 4.11. The van der Waals surface area contributed by atoms with Crippen molar-refractivity contribution in [2.75, 3.05) is 26.0 Å². The number of benzene rings is 1. The molecule has 1 aromatic carbocycles. The van der Waals surface area contributed by atoms with E-state index in [9.17, 15) is 18.0 Å². The van der Waals surface area contributed by atoms with Crippen molar-refractivity contribution in [2.45, 2.75) is 19.1 Å². The maximum Gasteiger partial charge on any atom is 0.419 e. The van der Waals surface area contributed by atoms with Gasteiger partial charge in [0.1, 0.15) is 10.4 Å². The molecule has 0 atom stereocenters. The van der Waals surface area contributed by atoms with E-state index in [1.165, 1.54) is 6.07 Å². The first-order valence-electron chi connectivity index (χ1n) is 8.12. The predicted molar refractivity (Wildman–Crippen MR) is 97.9 cm³/mol. The van der Waals surface area contributed by atoms with Crippen LogP contribution < -0.4 is 10.1 Å². The number of nitrogens with zero attached hydrogens (tertiary/aromatic N) is 2. The molecule has 1 amide bonds. The molecule has 2 heterocycles. The third-order valence-corrected chi connectivity index (χ3v) is 4.93. The Labute approximate surface area is 162 Å². The van der Waals surface area contributed by atoms with Crippen molar-refractivity contribution in [1.29, 1.82) is 0 Å². The standard InChI is InChI=1S/C18H17BrF3N3O2/c1-25-6-5-13-11(9-25)8-14(16(19)23-13)24-17(26)10-3-4-15(27-2)12(7-10)18(20,21)22/h3-4,7-8H,5-6,9H2,1-2H3,(H,24,26). The molecule has 3 rings (SSSR count). The van der Waals surface area contributed by atoms with E-state index in [1.54, 1.807) is 6.07 Å². The Morgan fingerprint density at radius 2 is 2.07 bits per heavy atom. The van der Waals surface area contributed by atoms with Gasteiger partial charge in [-0.1, -0.05) is 0 Å². The zero-order valence-electron chi connectivity index (χ0n) is 14.7. The summed E-state index contributed by atoms with van der Waals surface area (Å²) in [7, 11) is 3.14. The first kappa shape index (κ1) is 19.6. The van der Waals surface area contributed by atoms with Gasteiger partial charge in [-0.05, 0) is 52.8 Å². The van der Waals surface area contributed by atoms with E-state index in [4.69, 9.17) is 4.74 Å². The van der Waals surface area contributed by atoms with Gasteiger partial charge in [-0.3, -0.25) is 4.79 Å². The summed E-state index contributed by atoms with van der Waals surface area (Å²) in [5.74, 6) is -0.992. The summed E-state index contributed by atoms with van der Waals surface area (Å²) in [6, 6.07) is 5.00. The number of anilines is 1. The van der Waals surface area contributed by atoms with Crippen LogP contribution in [0.4, 0.5) is 18.9 Å². The number of hydrogen-bond acceptors (Lipinski definition) is 4. The summed E-state index contributed by atoms with van der Waals surface area (Å²) in [5.41, 5.74) is 1.22. The van der Waals surface area contributed by atoms with Gasteiger partial charge < -0.3 is 15.0 Å². The van der Waals surface area contributed by atoms with E-state index in [1.807, 2.05) is 7.05 Å². The molecule has 0 bridgehead atoms. The van der Waals surface area contributed by atoms with Gasteiger partial charge in [-0.2, -0.15) is 13.2 Å². The van der Waals surface area contributed by atoms with Crippen LogP contribution in [0.5, 0.6) is 5.75 Å². The molecule has 0 radical (unpaired) electrons. The van der Waals surface area contributed by atoms with Crippen LogP contribution in [0.2, 0.25) is 0 Å². The van der Waals surface area contributed by atoms with Crippen molar-refractivity contribution in [3.63, 3.8) is 0 Å². The molecule has 0 fully saturated rings. The number of hydrogen-bond donors (Lipinski definition) is 1. The number of ether oxygens (including phenoxy) is 1. The molecule has 0 aliphatic carbocycles. The van der Waals surface area contributed by atoms with Gasteiger partial charge in [0.15, 0.2) is 0 Å². The lowest BCUT2D eigenvalue weighted by Crippen LogP contribution is -2.27. The Morgan fingerprint density at radius 3 is 2.74 bits per heavy atom. The number of rotatable bonds is 3. The maximum atomic E-state index is 13.2. The Kier molecular flexibility index (Phi) is 5.43. The average molecular weight is 444 g/mol. The van der Waals surface area contributed by atoms with Crippen LogP contribution in [0, 0.1) is 0 Å². The highest BCUT2D eigenvalue weighted by Gasteiger charge is 2.35. The highest BCUT2D eigenvalue weighted by molar-refractivity contribution is 9.10. The molecule has 1 aliphatic heterocycles. The number of alkyl halides is 3. The van der Waals surface area contributed by atoms with E-state index in [0.29, 0.717) is 16.8 Å². The molecular formula is C18H17BrF3N3O2. The molecule has 1 aromatic heterocycles. The molecule has 27 heavy (non-hydrogen) atoms. The van der Waals surface area contributed by atoms with Crippen LogP contribution in [0.25, 0.3) is 0 Å². The van der Waals surface area contributed by atoms with Gasteiger partial charge in [0.25, 0.3) is 5.91 Å². The number of aromatic nitrogens is 1. The summed E-state index contributed by atoms with van der Waals surface area (Å²) < 4.78 is 44.7. The van der Waals surface area contributed by atoms with Gasteiger partial charge in [-0.15, -0.1) is 0 Å². The summed E-state index contributed by atoms with van der Waals surface area (Å²) in [6.07, 6.45) is -3.83. The number of nitrogens with one attached hydrogen (secondary N) is 1. The molecule has 0 spiro atoms. The second kappa shape index (κ2) is 7.47. The maximum absolute atomic E-state index is 13.2. The average Bonchev–Trinajstić information content (AvgIpc) is 2.61. The molecule has 144 valence electrons. The summed E-state index contributed by atoms with van der Waals surface area (Å²) >= 11 is 3.32. The highest BCUT2D eigenvalue weighted by atomic mass is 79.9. The van der Waals surface area contributed by atoms with E-state index in [-0.39, 0.29) is 11.3 Å². The quantitative estimate of drug-likeness (QED) is 0.725. The fraction of sp³-hybridized carbons (Fsp3) is 0.333. The number of amides is 1. The van der Waals surface area contributed by atoms with Crippen molar-refractivity contribution in [3.8, 4) is 5.75 Å². The van der Waals surface area contributed by atoms with Crippen molar-refractivity contribution in [1.82, 2.24) is 9.88 Å². The normalized spacial score (nSPS) is 14.6.